The van der Waals surface area contributed by atoms with Crippen molar-refractivity contribution < 1.29 is 13.2 Å². The molecule has 0 fully saturated rings. The molecule has 0 saturated carbocycles. The summed E-state index contributed by atoms with van der Waals surface area (Å²) in [6, 6.07) is 10.4. The molecule has 0 radical (unpaired) electrons. The maximum Gasteiger partial charge on any atom is 0.261 e. The summed E-state index contributed by atoms with van der Waals surface area (Å²) in [4.78, 5) is 11.1. The summed E-state index contributed by atoms with van der Waals surface area (Å²) in [5, 5.41) is 2.72. The lowest BCUT2D eigenvalue weighted by atomic mass is 10.1. The summed E-state index contributed by atoms with van der Waals surface area (Å²) in [6.45, 7) is 5.71. The van der Waals surface area contributed by atoms with Gasteiger partial charge in [0.05, 0.1) is 10.6 Å². The largest absolute Gasteiger partial charge is 0.356 e. The first-order chi connectivity index (χ1) is 11.7. The molecule has 0 unspecified atom stereocenters. The van der Waals surface area contributed by atoms with Crippen LogP contribution in [0, 0.1) is 13.8 Å². The highest BCUT2D eigenvalue weighted by Gasteiger charge is 2.17. The van der Waals surface area contributed by atoms with E-state index in [0.29, 0.717) is 18.7 Å². The zero-order valence-corrected chi connectivity index (χ0v) is 16.8. The molecule has 5 nitrogen and oxygen atoms in total. The van der Waals surface area contributed by atoms with Crippen LogP contribution in [0.3, 0.4) is 0 Å². The summed E-state index contributed by atoms with van der Waals surface area (Å²) >= 11 is 3.41. The molecule has 2 rings (SSSR count). The number of carbonyl (C=O) groups is 1. The number of hydrogen-bond acceptors (Lipinski definition) is 3. The fourth-order valence-corrected chi connectivity index (χ4v) is 4.37. The van der Waals surface area contributed by atoms with Crippen molar-refractivity contribution in [1.29, 1.82) is 0 Å². The summed E-state index contributed by atoms with van der Waals surface area (Å²) < 4.78 is 28.8. The highest BCUT2D eigenvalue weighted by atomic mass is 79.9. The van der Waals surface area contributed by atoms with E-state index in [0.717, 1.165) is 21.2 Å². The lowest BCUT2D eigenvalue weighted by molar-refractivity contribution is -0.118. The third-order valence-electron chi connectivity index (χ3n) is 3.76. The van der Waals surface area contributed by atoms with Crippen LogP contribution in [0.5, 0.6) is 0 Å². The Morgan fingerprint density at radius 3 is 2.16 bits per heavy atom. The molecule has 0 aliphatic rings. The first-order valence-electron chi connectivity index (χ1n) is 7.82. The first kappa shape index (κ1) is 19.5. The molecule has 2 aromatic rings. The van der Waals surface area contributed by atoms with E-state index >= 15 is 0 Å². The molecule has 0 heterocycles. The fourth-order valence-electron chi connectivity index (χ4n) is 2.48. The molecule has 0 aliphatic heterocycles. The molecule has 0 atom stereocenters. The highest BCUT2D eigenvalue weighted by Crippen LogP contribution is 2.27. The second kappa shape index (κ2) is 8.01. The number of hydrogen-bond donors (Lipinski definition) is 2. The van der Waals surface area contributed by atoms with E-state index in [1.165, 1.54) is 6.92 Å². The molecule has 0 aliphatic carbocycles. The van der Waals surface area contributed by atoms with Gasteiger partial charge in [-0.15, -0.1) is 0 Å². The molecule has 0 saturated heterocycles. The topological polar surface area (TPSA) is 75.3 Å². The minimum Gasteiger partial charge on any atom is -0.356 e. The standard InChI is InChI=1S/C18H21BrN2O3S/c1-12-10-16(19)11-13(2)18(12)21-25(23,24)17-6-4-15(5-7-17)8-9-20-14(3)22/h4-7,10-11,21H,8-9H2,1-3H3,(H,20,22). The van der Waals surface area contributed by atoms with Gasteiger partial charge in [-0.25, -0.2) is 8.42 Å². The van der Waals surface area contributed by atoms with Gasteiger partial charge in [0.15, 0.2) is 0 Å². The van der Waals surface area contributed by atoms with E-state index in [1.807, 2.05) is 26.0 Å². The molecule has 25 heavy (non-hydrogen) atoms. The molecule has 0 aromatic heterocycles. The lowest BCUT2D eigenvalue weighted by Crippen LogP contribution is -2.22. The second-order valence-corrected chi connectivity index (χ2v) is 8.50. The second-order valence-electron chi connectivity index (χ2n) is 5.90. The average Bonchev–Trinajstić information content (AvgIpc) is 2.51. The van der Waals surface area contributed by atoms with Crippen LogP contribution in [0.15, 0.2) is 45.8 Å². The molecule has 134 valence electrons. The highest BCUT2D eigenvalue weighted by molar-refractivity contribution is 9.10. The summed E-state index contributed by atoms with van der Waals surface area (Å²) in [7, 11) is -3.66. The van der Waals surface area contributed by atoms with Crippen molar-refractivity contribution >= 4 is 37.5 Å². The van der Waals surface area contributed by atoms with Crippen LogP contribution in [0.1, 0.15) is 23.6 Å². The van der Waals surface area contributed by atoms with Crippen LogP contribution < -0.4 is 10.0 Å². The van der Waals surface area contributed by atoms with E-state index < -0.39 is 10.0 Å². The molecule has 2 aromatic carbocycles. The van der Waals surface area contributed by atoms with E-state index in [9.17, 15) is 13.2 Å². The average molecular weight is 425 g/mol. The Bertz CT molecular complexity index is 855. The van der Waals surface area contributed by atoms with E-state index in [4.69, 9.17) is 0 Å². The van der Waals surface area contributed by atoms with Crippen molar-refractivity contribution in [3.8, 4) is 0 Å². The Labute approximate surface area is 157 Å². The van der Waals surface area contributed by atoms with Gasteiger partial charge in [0.1, 0.15) is 0 Å². The van der Waals surface area contributed by atoms with Gasteiger partial charge in [-0.3, -0.25) is 9.52 Å². The van der Waals surface area contributed by atoms with E-state index in [1.54, 1.807) is 24.3 Å². The number of aryl methyl sites for hydroxylation is 2. The van der Waals surface area contributed by atoms with E-state index in [-0.39, 0.29) is 10.8 Å². The maximum absolute atomic E-state index is 12.6. The van der Waals surface area contributed by atoms with Gasteiger partial charge in [0.25, 0.3) is 10.0 Å². The van der Waals surface area contributed by atoms with E-state index in [2.05, 4.69) is 26.0 Å². The Morgan fingerprint density at radius 1 is 1.08 bits per heavy atom. The number of sulfonamides is 1. The van der Waals surface area contributed by atoms with Crippen molar-refractivity contribution in [2.45, 2.75) is 32.1 Å². The summed E-state index contributed by atoms with van der Waals surface area (Å²) in [5.41, 5.74) is 3.26. The van der Waals surface area contributed by atoms with Crippen LogP contribution in [-0.4, -0.2) is 20.9 Å². The lowest BCUT2D eigenvalue weighted by Gasteiger charge is -2.14. The third-order valence-corrected chi connectivity index (χ3v) is 5.58. The molecule has 0 spiro atoms. The first-order valence-corrected chi connectivity index (χ1v) is 10.1. The van der Waals surface area contributed by atoms with Gasteiger partial charge in [-0.05, 0) is 61.2 Å². The van der Waals surface area contributed by atoms with Crippen molar-refractivity contribution in [1.82, 2.24) is 5.32 Å². The van der Waals surface area contributed by atoms with Gasteiger partial charge < -0.3 is 5.32 Å². The predicted octanol–water partition coefficient (Wildman–Crippen LogP) is 3.55. The van der Waals surface area contributed by atoms with Crippen LogP contribution in [0.25, 0.3) is 0 Å². The van der Waals surface area contributed by atoms with Gasteiger partial charge in [0, 0.05) is 17.9 Å². The molecule has 2 N–H and O–H groups in total. The number of anilines is 1. The number of halogens is 1. The molecule has 1 amide bonds. The van der Waals surface area contributed by atoms with Gasteiger partial charge in [-0.2, -0.15) is 0 Å². The maximum atomic E-state index is 12.6. The number of benzene rings is 2. The monoisotopic (exact) mass is 424 g/mol. The number of nitrogens with one attached hydrogen (secondary N) is 2. The number of carbonyl (C=O) groups excluding carboxylic acids is 1. The predicted molar refractivity (Wildman–Crippen MR) is 103 cm³/mol. The minimum absolute atomic E-state index is 0.0800. The fraction of sp³-hybridized carbons (Fsp3) is 0.278. The summed E-state index contributed by atoms with van der Waals surface area (Å²) in [5.74, 6) is -0.0800. The SMILES string of the molecule is CC(=O)NCCc1ccc(S(=O)(=O)Nc2c(C)cc(Br)cc2C)cc1. The minimum atomic E-state index is -3.66. The van der Waals surface area contributed by atoms with Crippen molar-refractivity contribution in [3.05, 3.63) is 57.6 Å². The molecule has 7 heteroatoms. The van der Waals surface area contributed by atoms with Gasteiger partial charge in [-0.1, -0.05) is 28.1 Å². The molecular weight excluding hydrogens is 404 g/mol. The Hall–Kier alpha value is -1.86. The number of amides is 1. The third kappa shape index (κ3) is 5.31. The van der Waals surface area contributed by atoms with Crippen molar-refractivity contribution in [3.63, 3.8) is 0 Å². The molecular formula is C18H21BrN2O3S. The van der Waals surface area contributed by atoms with Crippen LogP contribution in [0.4, 0.5) is 5.69 Å². The Kier molecular flexibility index (Phi) is 6.24. The summed E-state index contributed by atoms with van der Waals surface area (Å²) in [6.07, 6.45) is 0.651. The quantitative estimate of drug-likeness (QED) is 0.744. The van der Waals surface area contributed by atoms with Crippen molar-refractivity contribution in [2.24, 2.45) is 0 Å². The Morgan fingerprint density at radius 2 is 1.64 bits per heavy atom. The number of rotatable bonds is 6. The van der Waals surface area contributed by atoms with Gasteiger partial charge in [0.2, 0.25) is 5.91 Å². The normalized spacial score (nSPS) is 11.2. The van der Waals surface area contributed by atoms with Gasteiger partial charge >= 0.3 is 0 Å². The van der Waals surface area contributed by atoms with Crippen molar-refractivity contribution in [2.75, 3.05) is 11.3 Å². The van der Waals surface area contributed by atoms with Crippen LogP contribution in [0.2, 0.25) is 0 Å². The smallest absolute Gasteiger partial charge is 0.261 e. The molecule has 0 bridgehead atoms. The Balaban J connectivity index is 2.16. The zero-order valence-electron chi connectivity index (χ0n) is 14.4. The van der Waals surface area contributed by atoms with Crippen LogP contribution in [-0.2, 0) is 21.2 Å². The zero-order chi connectivity index (χ0) is 18.6. The van der Waals surface area contributed by atoms with Crippen LogP contribution >= 0.6 is 15.9 Å².